The molecule has 1 aliphatic rings. The summed E-state index contributed by atoms with van der Waals surface area (Å²) in [7, 11) is -3.57. The number of halogens is 1. The molecule has 1 aliphatic heterocycles. The summed E-state index contributed by atoms with van der Waals surface area (Å²) in [5, 5.41) is 8.98. The Kier molecular flexibility index (Phi) is 8.13. The van der Waals surface area contributed by atoms with Gasteiger partial charge in [0.1, 0.15) is 0 Å². The van der Waals surface area contributed by atoms with Crippen LogP contribution in [0.4, 0.5) is 0 Å². The van der Waals surface area contributed by atoms with E-state index < -0.39 is 10.0 Å². The van der Waals surface area contributed by atoms with E-state index in [2.05, 4.69) is 0 Å². The molecule has 6 nitrogen and oxygen atoms in total. The first-order valence-electron chi connectivity index (χ1n) is 7.81. The quantitative estimate of drug-likeness (QED) is 0.767. The van der Waals surface area contributed by atoms with Crippen LogP contribution in [0.3, 0.4) is 0 Å². The van der Waals surface area contributed by atoms with Crippen LogP contribution in [0.1, 0.15) is 30.4 Å². The van der Waals surface area contributed by atoms with Crippen LogP contribution in [-0.2, 0) is 14.8 Å². The van der Waals surface area contributed by atoms with Crippen molar-refractivity contribution in [1.82, 2.24) is 4.31 Å². The zero-order valence-electron chi connectivity index (χ0n) is 13.8. The largest absolute Gasteiger partial charge is 0.378 e. The maximum Gasteiger partial charge on any atom is 0.243 e. The minimum Gasteiger partial charge on any atom is -0.378 e. The fraction of sp³-hybridized carbons (Fsp3) is 0.562. The predicted molar refractivity (Wildman–Crippen MR) is 94.5 cm³/mol. The van der Waals surface area contributed by atoms with Gasteiger partial charge in [0.2, 0.25) is 10.0 Å². The van der Waals surface area contributed by atoms with E-state index in [1.54, 1.807) is 19.1 Å². The van der Waals surface area contributed by atoms with Crippen molar-refractivity contribution in [1.29, 1.82) is 5.26 Å². The highest BCUT2D eigenvalue weighted by molar-refractivity contribution is 7.89. The maximum atomic E-state index is 12.8. The molecule has 8 heteroatoms. The number of nitrogens with zero attached hydrogens (tertiary/aromatic N) is 2. The smallest absolute Gasteiger partial charge is 0.243 e. The molecule has 0 spiro atoms. The highest BCUT2D eigenvalue weighted by Gasteiger charge is 2.30. The van der Waals surface area contributed by atoms with Crippen LogP contribution in [0.5, 0.6) is 0 Å². The summed E-state index contributed by atoms with van der Waals surface area (Å²) in [5.41, 5.74) is 6.45. The van der Waals surface area contributed by atoms with Crippen molar-refractivity contribution in [2.45, 2.75) is 37.2 Å². The summed E-state index contributed by atoms with van der Waals surface area (Å²) in [6.07, 6.45) is 2.28. The van der Waals surface area contributed by atoms with Gasteiger partial charge in [0.25, 0.3) is 0 Å². The van der Waals surface area contributed by atoms with Gasteiger partial charge in [-0.25, -0.2) is 8.42 Å². The third-order valence-corrected chi connectivity index (χ3v) is 6.08. The number of hydrogen-bond acceptors (Lipinski definition) is 5. The molecule has 0 saturated carbocycles. The number of rotatable bonds is 6. The summed E-state index contributed by atoms with van der Waals surface area (Å²) in [6, 6.07) is 6.75. The Morgan fingerprint density at radius 2 is 2.04 bits per heavy atom. The molecule has 0 unspecified atom stereocenters. The summed E-state index contributed by atoms with van der Waals surface area (Å²) >= 11 is 0. The summed E-state index contributed by atoms with van der Waals surface area (Å²) in [5.74, 6) is 0. The second-order valence-corrected chi connectivity index (χ2v) is 7.61. The predicted octanol–water partition coefficient (Wildman–Crippen LogP) is 1.81. The maximum absolute atomic E-state index is 12.8. The van der Waals surface area contributed by atoms with Crippen LogP contribution in [0.2, 0.25) is 0 Å². The topological polar surface area (TPSA) is 96.4 Å². The Bertz CT molecular complexity index is 680. The van der Waals surface area contributed by atoms with Gasteiger partial charge in [0, 0.05) is 19.7 Å². The van der Waals surface area contributed by atoms with E-state index in [4.69, 9.17) is 15.7 Å². The van der Waals surface area contributed by atoms with Crippen molar-refractivity contribution in [2.75, 3.05) is 26.2 Å². The van der Waals surface area contributed by atoms with Crippen LogP contribution in [0.15, 0.2) is 23.1 Å². The van der Waals surface area contributed by atoms with E-state index in [0.29, 0.717) is 50.2 Å². The molecule has 0 aliphatic carbocycles. The molecule has 1 saturated heterocycles. The SMILES string of the molecule is Cc1ccc(C#N)cc1S(=O)(=O)N1CCC(OCCCN)CC1.Cl. The van der Waals surface area contributed by atoms with Crippen molar-refractivity contribution < 1.29 is 13.2 Å². The first-order chi connectivity index (χ1) is 11.0. The molecular weight excluding hydrogens is 350 g/mol. The first kappa shape index (κ1) is 20.9. The third kappa shape index (κ3) is 4.91. The summed E-state index contributed by atoms with van der Waals surface area (Å²) < 4.78 is 32.8. The summed E-state index contributed by atoms with van der Waals surface area (Å²) in [4.78, 5) is 0.221. The van der Waals surface area contributed by atoms with Crippen LogP contribution < -0.4 is 5.73 Å². The Hall–Kier alpha value is -1.17. The van der Waals surface area contributed by atoms with E-state index in [9.17, 15) is 8.42 Å². The van der Waals surface area contributed by atoms with Crippen molar-refractivity contribution in [3.05, 3.63) is 29.3 Å². The Morgan fingerprint density at radius 1 is 1.38 bits per heavy atom. The van der Waals surface area contributed by atoms with Gasteiger partial charge in [-0.15, -0.1) is 12.4 Å². The fourth-order valence-corrected chi connectivity index (χ4v) is 4.38. The zero-order valence-corrected chi connectivity index (χ0v) is 15.4. The minimum absolute atomic E-state index is 0. The molecule has 1 fully saturated rings. The number of ether oxygens (including phenoxy) is 1. The molecule has 1 aromatic rings. The third-order valence-electron chi connectivity index (χ3n) is 4.04. The molecule has 2 rings (SSSR count). The molecule has 0 atom stereocenters. The van der Waals surface area contributed by atoms with Crippen LogP contribution in [0.25, 0.3) is 0 Å². The molecule has 134 valence electrons. The number of piperidine rings is 1. The summed E-state index contributed by atoms with van der Waals surface area (Å²) in [6.45, 7) is 3.84. The van der Waals surface area contributed by atoms with Crippen LogP contribution >= 0.6 is 12.4 Å². The van der Waals surface area contributed by atoms with Gasteiger partial charge in [0.15, 0.2) is 0 Å². The second kappa shape index (κ2) is 9.35. The Morgan fingerprint density at radius 3 is 2.62 bits per heavy atom. The van der Waals surface area contributed by atoms with Crippen molar-refractivity contribution in [3.8, 4) is 6.07 Å². The highest BCUT2D eigenvalue weighted by atomic mass is 35.5. The lowest BCUT2D eigenvalue weighted by molar-refractivity contribution is 0.0209. The molecule has 0 aromatic heterocycles. The fourth-order valence-electron chi connectivity index (χ4n) is 2.66. The zero-order chi connectivity index (χ0) is 16.9. The van der Waals surface area contributed by atoms with Crippen molar-refractivity contribution in [2.24, 2.45) is 5.73 Å². The minimum atomic E-state index is -3.57. The number of benzene rings is 1. The number of sulfonamides is 1. The Labute approximate surface area is 150 Å². The van der Waals surface area contributed by atoms with Gasteiger partial charge in [-0.1, -0.05) is 6.07 Å². The monoisotopic (exact) mass is 373 g/mol. The molecule has 0 radical (unpaired) electrons. The van der Waals surface area contributed by atoms with Crippen molar-refractivity contribution >= 4 is 22.4 Å². The van der Waals surface area contributed by atoms with Gasteiger partial charge < -0.3 is 10.5 Å². The van der Waals surface area contributed by atoms with Gasteiger partial charge in [-0.05, 0) is 50.4 Å². The molecule has 0 bridgehead atoms. The van der Waals surface area contributed by atoms with Gasteiger partial charge >= 0.3 is 0 Å². The average molecular weight is 374 g/mol. The standard InChI is InChI=1S/C16H23N3O3S.ClH/c1-13-3-4-14(12-18)11-16(13)23(20,21)19-8-5-15(6-9-19)22-10-2-7-17;/h3-4,11,15H,2,5-10,17H2,1H3;1H. The van der Waals surface area contributed by atoms with Gasteiger partial charge in [-0.3, -0.25) is 0 Å². The van der Waals surface area contributed by atoms with Crippen LogP contribution in [0, 0.1) is 18.3 Å². The number of aryl methyl sites for hydroxylation is 1. The molecule has 1 heterocycles. The van der Waals surface area contributed by atoms with E-state index in [1.807, 2.05) is 6.07 Å². The normalized spacial score (nSPS) is 16.4. The number of nitrogens with two attached hydrogens (primary N) is 1. The van der Waals surface area contributed by atoms with Crippen molar-refractivity contribution in [3.63, 3.8) is 0 Å². The van der Waals surface area contributed by atoms with E-state index >= 15 is 0 Å². The van der Waals surface area contributed by atoms with E-state index in [1.165, 1.54) is 10.4 Å². The van der Waals surface area contributed by atoms with Gasteiger partial charge in [0.05, 0.1) is 22.6 Å². The highest BCUT2D eigenvalue weighted by Crippen LogP contribution is 2.25. The number of nitriles is 1. The number of hydrogen-bond donors (Lipinski definition) is 1. The molecule has 24 heavy (non-hydrogen) atoms. The second-order valence-electron chi connectivity index (χ2n) is 5.71. The first-order valence-corrected chi connectivity index (χ1v) is 9.25. The molecule has 2 N–H and O–H groups in total. The van der Waals surface area contributed by atoms with Crippen LogP contribution in [-0.4, -0.2) is 45.1 Å². The molecular formula is C16H24ClN3O3S. The lowest BCUT2D eigenvalue weighted by Crippen LogP contribution is -2.41. The molecule has 0 amide bonds. The van der Waals surface area contributed by atoms with E-state index in [0.717, 1.165) is 6.42 Å². The van der Waals surface area contributed by atoms with Gasteiger partial charge in [-0.2, -0.15) is 9.57 Å². The lowest BCUT2D eigenvalue weighted by atomic mass is 10.1. The van der Waals surface area contributed by atoms with E-state index in [-0.39, 0.29) is 23.4 Å². The lowest BCUT2D eigenvalue weighted by Gasteiger charge is -2.31. The molecule has 1 aromatic carbocycles. The average Bonchev–Trinajstić information content (AvgIpc) is 2.56. The Balaban J connectivity index is 0.00000288.